The van der Waals surface area contributed by atoms with Gasteiger partial charge >= 0.3 is 0 Å². The van der Waals surface area contributed by atoms with E-state index in [2.05, 4.69) is 28.2 Å². The summed E-state index contributed by atoms with van der Waals surface area (Å²) in [6.07, 6.45) is 1.04. The zero-order valence-electron chi connectivity index (χ0n) is 12.2. The first-order chi connectivity index (χ1) is 10.1. The fourth-order valence-corrected chi connectivity index (χ4v) is 2.57. The van der Waals surface area contributed by atoms with Crippen LogP contribution in [0.4, 0.5) is 4.39 Å². The number of benzene rings is 2. The monoisotopic (exact) mass is 351 g/mol. The van der Waals surface area contributed by atoms with E-state index in [1.165, 1.54) is 12.1 Å². The fourth-order valence-electron chi connectivity index (χ4n) is 1.99. The van der Waals surface area contributed by atoms with Gasteiger partial charge in [-0.15, -0.1) is 0 Å². The maximum Gasteiger partial charge on any atom is 0.141 e. The predicted molar refractivity (Wildman–Crippen MR) is 87.4 cm³/mol. The van der Waals surface area contributed by atoms with Crippen molar-refractivity contribution in [2.75, 3.05) is 6.54 Å². The zero-order valence-corrected chi connectivity index (χ0v) is 13.8. The van der Waals surface area contributed by atoms with Crippen molar-refractivity contribution >= 4 is 15.9 Å². The van der Waals surface area contributed by atoms with Crippen molar-refractivity contribution in [3.63, 3.8) is 0 Å². The summed E-state index contributed by atoms with van der Waals surface area (Å²) in [5.74, 6) is 1.15. The van der Waals surface area contributed by atoms with Crippen LogP contribution in [0.2, 0.25) is 0 Å². The van der Waals surface area contributed by atoms with Gasteiger partial charge in [-0.25, -0.2) is 4.39 Å². The molecular formula is C17H19BrFNO. The van der Waals surface area contributed by atoms with Crippen LogP contribution in [0.15, 0.2) is 40.9 Å². The van der Waals surface area contributed by atoms with E-state index >= 15 is 0 Å². The van der Waals surface area contributed by atoms with Crippen molar-refractivity contribution in [3.05, 3.63) is 57.8 Å². The van der Waals surface area contributed by atoms with Crippen molar-refractivity contribution < 1.29 is 9.13 Å². The molecule has 0 amide bonds. The highest BCUT2D eigenvalue weighted by molar-refractivity contribution is 9.10. The molecule has 21 heavy (non-hydrogen) atoms. The molecule has 112 valence electrons. The molecule has 0 heterocycles. The van der Waals surface area contributed by atoms with Crippen LogP contribution in [-0.4, -0.2) is 6.54 Å². The number of rotatable bonds is 6. The minimum atomic E-state index is -0.251. The van der Waals surface area contributed by atoms with Crippen LogP contribution in [0, 0.1) is 12.7 Å². The normalized spacial score (nSPS) is 10.7. The summed E-state index contributed by atoms with van der Waals surface area (Å²) < 4.78 is 20.3. The molecule has 0 bridgehead atoms. The van der Waals surface area contributed by atoms with Crippen molar-refractivity contribution in [2.24, 2.45) is 0 Å². The van der Waals surface area contributed by atoms with Crippen molar-refractivity contribution in [1.82, 2.24) is 5.32 Å². The van der Waals surface area contributed by atoms with E-state index in [4.69, 9.17) is 4.74 Å². The summed E-state index contributed by atoms with van der Waals surface area (Å²) >= 11 is 3.49. The summed E-state index contributed by atoms with van der Waals surface area (Å²) in [4.78, 5) is 0. The molecule has 0 aliphatic rings. The van der Waals surface area contributed by atoms with Gasteiger partial charge in [-0.2, -0.15) is 0 Å². The first-order valence-corrected chi connectivity index (χ1v) is 7.82. The van der Waals surface area contributed by atoms with E-state index in [1.54, 1.807) is 6.07 Å². The van der Waals surface area contributed by atoms with Crippen LogP contribution in [0.1, 0.15) is 24.5 Å². The second-order valence-electron chi connectivity index (χ2n) is 4.96. The third-order valence-electron chi connectivity index (χ3n) is 3.07. The Balaban J connectivity index is 2.22. The maximum absolute atomic E-state index is 13.4. The standard InChI is InChI=1S/C17H19BrFNO/c1-3-8-20-11-13-10-14(19)5-7-16(13)21-17-6-4-12(2)9-15(17)18/h4-7,9-10,20H,3,8,11H2,1-2H3. The minimum Gasteiger partial charge on any atom is -0.456 e. The second kappa shape index (κ2) is 7.57. The van der Waals surface area contributed by atoms with Gasteiger partial charge in [0.25, 0.3) is 0 Å². The molecule has 0 spiro atoms. The molecule has 0 radical (unpaired) electrons. The summed E-state index contributed by atoms with van der Waals surface area (Å²) in [5.41, 5.74) is 1.97. The maximum atomic E-state index is 13.4. The molecular weight excluding hydrogens is 333 g/mol. The number of aryl methyl sites for hydroxylation is 1. The summed E-state index contributed by atoms with van der Waals surface area (Å²) in [6, 6.07) is 10.5. The van der Waals surface area contributed by atoms with Crippen LogP contribution < -0.4 is 10.1 Å². The summed E-state index contributed by atoms with van der Waals surface area (Å²) in [5, 5.41) is 3.27. The molecule has 0 aromatic heterocycles. The molecule has 0 saturated heterocycles. The largest absolute Gasteiger partial charge is 0.456 e. The average Bonchev–Trinajstić information content (AvgIpc) is 2.44. The molecule has 2 aromatic carbocycles. The third kappa shape index (κ3) is 4.55. The Morgan fingerprint density at radius 2 is 1.90 bits per heavy atom. The molecule has 0 atom stereocenters. The quantitative estimate of drug-likeness (QED) is 0.723. The van der Waals surface area contributed by atoms with E-state index < -0.39 is 0 Å². The number of ether oxygens (including phenoxy) is 1. The average molecular weight is 352 g/mol. The van der Waals surface area contributed by atoms with E-state index in [1.807, 2.05) is 25.1 Å². The first-order valence-electron chi connectivity index (χ1n) is 7.03. The molecule has 1 N–H and O–H groups in total. The van der Waals surface area contributed by atoms with Gasteiger partial charge in [0, 0.05) is 12.1 Å². The Kier molecular flexibility index (Phi) is 5.76. The molecule has 0 fully saturated rings. The van der Waals surface area contributed by atoms with E-state index in [9.17, 15) is 4.39 Å². The Morgan fingerprint density at radius 1 is 1.14 bits per heavy atom. The lowest BCUT2D eigenvalue weighted by molar-refractivity contribution is 0.467. The Bertz CT molecular complexity index is 616. The highest BCUT2D eigenvalue weighted by Crippen LogP contribution is 2.32. The highest BCUT2D eigenvalue weighted by Gasteiger charge is 2.09. The fraction of sp³-hybridized carbons (Fsp3) is 0.294. The van der Waals surface area contributed by atoms with Crippen molar-refractivity contribution in [1.29, 1.82) is 0 Å². The predicted octanol–water partition coefficient (Wildman–Crippen LogP) is 5.19. The molecule has 0 unspecified atom stereocenters. The lowest BCUT2D eigenvalue weighted by Crippen LogP contribution is -2.14. The lowest BCUT2D eigenvalue weighted by atomic mass is 10.2. The summed E-state index contributed by atoms with van der Waals surface area (Å²) in [6.45, 7) is 5.60. The van der Waals surface area contributed by atoms with Crippen LogP contribution in [0.25, 0.3) is 0 Å². The third-order valence-corrected chi connectivity index (χ3v) is 3.69. The number of hydrogen-bond acceptors (Lipinski definition) is 2. The van der Waals surface area contributed by atoms with E-state index in [-0.39, 0.29) is 5.82 Å². The van der Waals surface area contributed by atoms with Gasteiger partial charge in [0.1, 0.15) is 17.3 Å². The second-order valence-corrected chi connectivity index (χ2v) is 5.82. The van der Waals surface area contributed by atoms with Crippen molar-refractivity contribution in [2.45, 2.75) is 26.8 Å². The lowest BCUT2D eigenvalue weighted by Gasteiger charge is -2.13. The molecule has 4 heteroatoms. The Labute approximate surface area is 133 Å². The van der Waals surface area contributed by atoms with Gasteiger partial charge < -0.3 is 10.1 Å². The minimum absolute atomic E-state index is 0.251. The van der Waals surface area contributed by atoms with Crippen molar-refractivity contribution in [3.8, 4) is 11.5 Å². The van der Waals surface area contributed by atoms with E-state index in [0.29, 0.717) is 12.3 Å². The van der Waals surface area contributed by atoms with Crippen LogP contribution >= 0.6 is 15.9 Å². The Hall–Kier alpha value is -1.39. The van der Waals surface area contributed by atoms with Gasteiger partial charge in [0.15, 0.2) is 0 Å². The van der Waals surface area contributed by atoms with Gasteiger partial charge in [0.2, 0.25) is 0 Å². The molecule has 2 nitrogen and oxygen atoms in total. The number of hydrogen-bond donors (Lipinski definition) is 1. The Morgan fingerprint density at radius 3 is 2.62 bits per heavy atom. The number of nitrogens with one attached hydrogen (secondary N) is 1. The topological polar surface area (TPSA) is 21.3 Å². The first kappa shape index (κ1) is 16.0. The number of halogens is 2. The van der Waals surface area contributed by atoms with Gasteiger partial charge in [0.05, 0.1) is 4.47 Å². The van der Waals surface area contributed by atoms with E-state index in [0.717, 1.165) is 34.3 Å². The zero-order chi connectivity index (χ0) is 15.2. The molecule has 2 aromatic rings. The SMILES string of the molecule is CCCNCc1cc(F)ccc1Oc1ccc(C)cc1Br. The van der Waals surface area contributed by atoms with Gasteiger partial charge in [-0.1, -0.05) is 13.0 Å². The summed E-state index contributed by atoms with van der Waals surface area (Å²) in [7, 11) is 0. The van der Waals surface area contributed by atoms with Gasteiger partial charge in [-0.3, -0.25) is 0 Å². The molecule has 2 rings (SSSR count). The highest BCUT2D eigenvalue weighted by atomic mass is 79.9. The van der Waals surface area contributed by atoms with Crippen LogP contribution in [0.5, 0.6) is 11.5 Å². The molecule has 0 aliphatic heterocycles. The van der Waals surface area contributed by atoms with Crippen LogP contribution in [-0.2, 0) is 6.54 Å². The smallest absolute Gasteiger partial charge is 0.141 e. The molecule has 0 aliphatic carbocycles. The van der Waals surface area contributed by atoms with Gasteiger partial charge in [-0.05, 0) is 71.7 Å². The van der Waals surface area contributed by atoms with Crippen LogP contribution in [0.3, 0.4) is 0 Å². The molecule has 0 saturated carbocycles.